The van der Waals surface area contributed by atoms with E-state index in [1.54, 1.807) is 0 Å². The predicted molar refractivity (Wildman–Crippen MR) is 50.9 cm³/mol. The smallest absolute Gasteiger partial charge is 0.158 e. The summed E-state index contributed by atoms with van der Waals surface area (Å²) >= 11 is 0. The molecule has 1 fully saturated rings. The predicted octanol–water partition coefficient (Wildman–Crippen LogP) is 2.96. The van der Waals surface area contributed by atoms with Gasteiger partial charge in [-0.2, -0.15) is 0 Å². The minimum Gasteiger partial charge on any atom is -0.295 e. The van der Waals surface area contributed by atoms with E-state index in [0.29, 0.717) is 17.6 Å². The Kier molecular flexibility index (Phi) is 3.07. The molecule has 0 radical (unpaired) electrons. The maximum atomic E-state index is 11.5. The van der Waals surface area contributed by atoms with E-state index in [1.165, 1.54) is 6.42 Å². The molecule has 1 heteroatoms. The van der Waals surface area contributed by atoms with Crippen molar-refractivity contribution in [1.29, 1.82) is 0 Å². The Labute approximate surface area is 74.9 Å². The van der Waals surface area contributed by atoms with Gasteiger partial charge in [0, 0.05) is 6.42 Å². The van der Waals surface area contributed by atoms with Gasteiger partial charge < -0.3 is 0 Å². The van der Waals surface area contributed by atoms with Crippen LogP contribution in [0.4, 0.5) is 0 Å². The minimum absolute atomic E-state index is 0.377. The SMILES string of the molecule is CC(C)/C=C1/CCC(C)CC1=O. The quantitative estimate of drug-likeness (QED) is 0.547. The van der Waals surface area contributed by atoms with Crippen molar-refractivity contribution in [3.8, 4) is 0 Å². The maximum absolute atomic E-state index is 11.5. The van der Waals surface area contributed by atoms with Crippen LogP contribution in [0.5, 0.6) is 0 Å². The number of carbonyl (C=O) groups is 1. The molecule has 0 N–H and O–H groups in total. The van der Waals surface area contributed by atoms with Crippen molar-refractivity contribution >= 4 is 5.78 Å². The normalized spacial score (nSPS) is 28.5. The van der Waals surface area contributed by atoms with Crippen molar-refractivity contribution < 1.29 is 4.79 Å². The molecule has 0 bridgehead atoms. The molecule has 68 valence electrons. The van der Waals surface area contributed by atoms with Crippen molar-refractivity contribution in [2.24, 2.45) is 11.8 Å². The van der Waals surface area contributed by atoms with Crippen LogP contribution in [-0.4, -0.2) is 5.78 Å². The van der Waals surface area contributed by atoms with Crippen molar-refractivity contribution in [3.63, 3.8) is 0 Å². The van der Waals surface area contributed by atoms with Gasteiger partial charge in [-0.15, -0.1) is 0 Å². The molecule has 1 aliphatic carbocycles. The molecule has 0 aromatic heterocycles. The summed E-state index contributed by atoms with van der Waals surface area (Å²) in [4.78, 5) is 11.5. The summed E-state index contributed by atoms with van der Waals surface area (Å²) in [6, 6.07) is 0. The van der Waals surface area contributed by atoms with Gasteiger partial charge in [-0.1, -0.05) is 26.8 Å². The molecule has 0 aromatic carbocycles. The molecule has 0 saturated heterocycles. The molecule has 12 heavy (non-hydrogen) atoms. The van der Waals surface area contributed by atoms with Gasteiger partial charge in [-0.3, -0.25) is 4.79 Å². The van der Waals surface area contributed by atoms with E-state index < -0.39 is 0 Å². The highest BCUT2D eigenvalue weighted by Gasteiger charge is 2.20. The second-order valence-electron chi connectivity index (χ2n) is 4.21. The van der Waals surface area contributed by atoms with Crippen molar-refractivity contribution in [1.82, 2.24) is 0 Å². The molecule has 0 amide bonds. The van der Waals surface area contributed by atoms with Crippen LogP contribution in [0.25, 0.3) is 0 Å². The van der Waals surface area contributed by atoms with Gasteiger partial charge in [0.25, 0.3) is 0 Å². The molecular weight excluding hydrogens is 148 g/mol. The first-order valence-corrected chi connectivity index (χ1v) is 4.83. The lowest BCUT2D eigenvalue weighted by atomic mass is 9.85. The summed E-state index contributed by atoms with van der Waals surface area (Å²) in [6.07, 6.45) is 5.06. The summed E-state index contributed by atoms with van der Waals surface area (Å²) in [5.74, 6) is 1.49. The van der Waals surface area contributed by atoms with Crippen LogP contribution in [0, 0.1) is 11.8 Å². The topological polar surface area (TPSA) is 17.1 Å². The van der Waals surface area contributed by atoms with Gasteiger partial charge in [0.1, 0.15) is 0 Å². The molecule has 1 aliphatic rings. The van der Waals surface area contributed by atoms with Crippen molar-refractivity contribution in [3.05, 3.63) is 11.6 Å². The first-order valence-electron chi connectivity index (χ1n) is 4.83. The summed E-state index contributed by atoms with van der Waals surface area (Å²) in [6.45, 7) is 6.40. The third kappa shape index (κ3) is 2.47. The summed E-state index contributed by atoms with van der Waals surface area (Å²) in [5, 5.41) is 0. The number of Topliss-reactive ketones (excluding diaryl/α,β-unsaturated/α-hetero) is 1. The van der Waals surface area contributed by atoms with E-state index in [1.807, 2.05) is 0 Å². The van der Waals surface area contributed by atoms with E-state index in [4.69, 9.17) is 0 Å². The van der Waals surface area contributed by atoms with Crippen LogP contribution in [0.2, 0.25) is 0 Å². The Balaban J connectivity index is 2.62. The van der Waals surface area contributed by atoms with E-state index in [9.17, 15) is 4.79 Å². The highest BCUT2D eigenvalue weighted by atomic mass is 16.1. The molecule has 0 heterocycles. The third-order valence-corrected chi connectivity index (χ3v) is 2.33. The van der Waals surface area contributed by atoms with Gasteiger partial charge in [0.15, 0.2) is 5.78 Å². The van der Waals surface area contributed by atoms with Crippen molar-refractivity contribution in [2.45, 2.75) is 40.0 Å². The molecule has 1 unspecified atom stereocenters. The largest absolute Gasteiger partial charge is 0.295 e. The molecular formula is C11H18O. The molecule has 0 aromatic rings. The fourth-order valence-electron chi connectivity index (χ4n) is 1.67. The highest BCUT2D eigenvalue weighted by Crippen LogP contribution is 2.25. The van der Waals surface area contributed by atoms with Gasteiger partial charge in [0.05, 0.1) is 0 Å². The van der Waals surface area contributed by atoms with Gasteiger partial charge in [0.2, 0.25) is 0 Å². The molecule has 0 spiro atoms. The monoisotopic (exact) mass is 166 g/mol. The zero-order valence-corrected chi connectivity index (χ0v) is 8.26. The van der Waals surface area contributed by atoms with E-state index in [-0.39, 0.29) is 0 Å². The van der Waals surface area contributed by atoms with Crippen LogP contribution in [-0.2, 0) is 4.79 Å². The average Bonchev–Trinajstić information content (AvgIpc) is 1.94. The zero-order valence-electron chi connectivity index (χ0n) is 8.26. The second-order valence-corrected chi connectivity index (χ2v) is 4.21. The third-order valence-electron chi connectivity index (χ3n) is 2.33. The lowest BCUT2D eigenvalue weighted by molar-refractivity contribution is -0.117. The number of ketones is 1. The Morgan fingerprint density at radius 1 is 1.50 bits per heavy atom. The van der Waals surface area contributed by atoms with Crippen LogP contribution in [0.15, 0.2) is 11.6 Å². The fourth-order valence-corrected chi connectivity index (χ4v) is 1.67. The highest BCUT2D eigenvalue weighted by molar-refractivity contribution is 5.96. The van der Waals surface area contributed by atoms with E-state index in [2.05, 4.69) is 26.8 Å². The number of carbonyl (C=O) groups excluding carboxylic acids is 1. The van der Waals surface area contributed by atoms with Gasteiger partial charge in [-0.25, -0.2) is 0 Å². The lowest BCUT2D eigenvalue weighted by Crippen LogP contribution is -2.15. The first kappa shape index (κ1) is 9.50. The molecule has 1 atom stereocenters. The lowest BCUT2D eigenvalue weighted by Gasteiger charge is -2.19. The number of hydrogen-bond donors (Lipinski definition) is 0. The zero-order chi connectivity index (χ0) is 9.14. The summed E-state index contributed by atoms with van der Waals surface area (Å²) < 4.78 is 0. The fraction of sp³-hybridized carbons (Fsp3) is 0.727. The van der Waals surface area contributed by atoms with Gasteiger partial charge in [-0.05, 0) is 30.3 Å². The second kappa shape index (κ2) is 3.88. The Morgan fingerprint density at radius 2 is 2.17 bits per heavy atom. The molecule has 1 rings (SSSR count). The Hall–Kier alpha value is -0.590. The number of allylic oxidation sites excluding steroid dienone is 2. The van der Waals surface area contributed by atoms with Crippen LogP contribution >= 0.6 is 0 Å². The standard InChI is InChI=1S/C11H18O/c1-8(2)6-10-5-4-9(3)7-11(10)12/h6,8-9H,4-5,7H2,1-3H3/b10-6-. The molecule has 1 nitrogen and oxygen atoms in total. The average molecular weight is 166 g/mol. The van der Waals surface area contributed by atoms with Crippen LogP contribution in [0.1, 0.15) is 40.0 Å². The molecule has 0 aliphatic heterocycles. The number of rotatable bonds is 1. The van der Waals surface area contributed by atoms with Crippen molar-refractivity contribution in [2.75, 3.05) is 0 Å². The first-order chi connectivity index (χ1) is 5.59. The van der Waals surface area contributed by atoms with E-state index >= 15 is 0 Å². The van der Waals surface area contributed by atoms with Gasteiger partial charge >= 0.3 is 0 Å². The minimum atomic E-state index is 0.377. The number of hydrogen-bond acceptors (Lipinski definition) is 1. The Morgan fingerprint density at radius 3 is 2.67 bits per heavy atom. The van der Waals surface area contributed by atoms with Crippen LogP contribution < -0.4 is 0 Å². The summed E-state index contributed by atoms with van der Waals surface area (Å²) in [5.41, 5.74) is 1.07. The van der Waals surface area contributed by atoms with E-state index in [0.717, 1.165) is 18.4 Å². The Bertz CT molecular complexity index is 201. The van der Waals surface area contributed by atoms with Crippen LogP contribution in [0.3, 0.4) is 0 Å². The maximum Gasteiger partial charge on any atom is 0.158 e. The molecule has 1 saturated carbocycles. The summed E-state index contributed by atoms with van der Waals surface area (Å²) in [7, 11) is 0.